The van der Waals surface area contributed by atoms with Gasteiger partial charge in [-0.25, -0.2) is 0 Å². The lowest BCUT2D eigenvalue weighted by atomic mass is 10.2. The predicted octanol–water partition coefficient (Wildman–Crippen LogP) is 1.75. The van der Waals surface area contributed by atoms with E-state index < -0.39 is 0 Å². The lowest BCUT2D eigenvalue weighted by molar-refractivity contribution is 0.393. The van der Waals surface area contributed by atoms with Crippen LogP contribution in [0.2, 0.25) is 0 Å². The van der Waals surface area contributed by atoms with Crippen LogP contribution in [0.5, 0.6) is 11.5 Å². The van der Waals surface area contributed by atoms with Crippen molar-refractivity contribution in [2.45, 2.75) is 6.92 Å². The van der Waals surface area contributed by atoms with Gasteiger partial charge in [0.1, 0.15) is 11.5 Å². The van der Waals surface area contributed by atoms with E-state index in [0.717, 1.165) is 11.4 Å². The Labute approximate surface area is 111 Å². The van der Waals surface area contributed by atoms with E-state index in [0.29, 0.717) is 11.5 Å². The first-order chi connectivity index (χ1) is 9.06. The monoisotopic (exact) mass is 260 g/mol. The average molecular weight is 260 g/mol. The van der Waals surface area contributed by atoms with E-state index in [1.807, 2.05) is 23.6 Å². The highest BCUT2D eigenvalue weighted by molar-refractivity contribution is 5.53. The number of nitrogen functional groups attached to an aromatic ring is 1. The molecule has 2 rings (SSSR count). The summed E-state index contributed by atoms with van der Waals surface area (Å²) >= 11 is 0. The molecule has 2 N–H and O–H groups in total. The Morgan fingerprint density at radius 2 is 1.89 bits per heavy atom. The van der Waals surface area contributed by atoms with Gasteiger partial charge in [-0.2, -0.15) is 0 Å². The highest BCUT2D eigenvalue weighted by Gasteiger charge is 2.09. The Morgan fingerprint density at radius 3 is 2.53 bits per heavy atom. The summed E-state index contributed by atoms with van der Waals surface area (Å²) in [5.74, 6) is 1.35. The molecule has 0 saturated heterocycles. The van der Waals surface area contributed by atoms with Crippen molar-refractivity contribution in [1.29, 1.82) is 0 Å². The normalized spacial score (nSPS) is 10.3. The van der Waals surface area contributed by atoms with Gasteiger partial charge in [-0.15, -0.1) is 0 Å². The van der Waals surface area contributed by atoms with Gasteiger partial charge in [0.25, 0.3) is 0 Å². The molecule has 5 heteroatoms. The second-order valence-electron chi connectivity index (χ2n) is 4.14. The van der Waals surface area contributed by atoms with Crippen LogP contribution in [0.4, 0.5) is 5.69 Å². The van der Waals surface area contributed by atoms with Crippen LogP contribution in [0.1, 0.15) is 5.69 Å². The molecule has 0 radical (unpaired) electrons. The maximum Gasteiger partial charge on any atom is 0.204 e. The zero-order valence-electron chi connectivity index (χ0n) is 11.1. The van der Waals surface area contributed by atoms with Crippen molar-refractivity contribution < 1.29 is 9.47 Å². The van der Waals surface area contributed by atoms with E-state index in [4.69, 9.17) is 15.2 Å². The molecule has 2 aromatic rings. The smallest absolute Gasteiger partial charge is 0.204 e. The van der Waals surface area contributed by atoms with Gasteiger partial charge in [-0.1, -0.05) is 0 Å². The molecule has 0 spiro atoms. The molecule has 19 heavy (non-hydrogen) atoms. The van der Waals surface area contributed by atoms with Crippen molar-refractivity contribution in [1.82, 2.24) is 4.57 Å². The number of pyridine rings is 1. The van der Waals surface area contributed by atoms with Crippen LogP contribution < -0.4 is 20.6 Å². The van der Waals surface area contributed by atoms with E-state index in [2.05, 4.69) is 0 Å². The van der Waals surface area contributed by atoms with Crippen molar-refractivity contribution in [3.63, 3.8) is 0 Å². The first-order valence-corrected chi connectivity index (χ1v) is 5.78. The van der Waals surface area contributed by atoms with Crippen molar-refractivity contribution in [2.24, 2.45) is 0 Å². The third kappa shape index (κ3) is 2.40. The summed E-state index contributed by atoms with van der Waals surface area (Å²) in [6.07, 6.45) is 1.60. The molecule has 0 unspecified atom stereocenters. The molecular formula is C14H16N2O3. The Balaban J connectivity index is 2.65. The second-order valence-corrected chi connectivity index (χ2v) is 4.14. The van der Waals surface area contributed by atoms with Gasteiger partial charge in [0, 0.05) is 24.0 Å². The summed E-state index contributed by atoms with van der Waals surface area (Å²) in [5, 5.41) is 0. The summed E-state index contributed by atoms with van der Waals surface area (Å²) in [5.41, 5.74) is 7.27. The zero-order valence-corrected chi connectivity index (χ0v) is 11.1. The molecule has 0 saturated carbocycles. The molecule has 0 bridgehead atoms. The van der Waals surface area contributed by atoms with Gasteiger partial charge in [0.15, 0.2) is 0 Å². The molecule has 100 valence electrons. The van der Waals surface area contributed by atoms with Crippen molar-refractivity contribution in [3.05, 3.63) is 46.4 Å². The maximum atomic E-state index is 11.5. The number of hydrogen-bond donors (Lipinski definition) is 1. The summed E-state index contributed by atoms with van der Waals surface area (Å²) in [6.45, 7) is 1.84. The van der Waals surface area contributed by atoms with E-state index in [-0.39, 0.29) is 11.1 Å². The number of anilines is 1. The minimum atomic E-state index is -0.179. The number of benzene rings is 1. The first-order valence-electron chi connectivity index (χ1n) is 5.78. The topological polar surface area (TPSA) is 66.5 Å². The van der Waals surface area contributed by atoms with E-state index in [9.17, 15) is 4.79 Å². The minimum Gasteiger partial charge on any atom is -0.497 e. The van der Waals surface area contributed by atoms with Gasteiger partial charge in [0.2, 0.25) is 5.43 Å². The third-order valence-corrected chi connectivity index (χ3v) is 2.92. The number of rotatable bonds is 3. The van der Waals surface area contributed by atoms with E-state index in [1.165, 1.54) is 6.07 Å². The number of aromatic nitrogens is 1. The molecule has 0 fully saturated rings. The summed E-state index contributed by atoms with van der Waals surface area (Å²) in [4.78, 5) is 11.5. The van der Waals surface area contributed by atoms with Crippen molar-refractivity contribution in [2.75, 3.05) is 20.0 Å². The van der Waals surface area contributed by atoms with Crippen LogP contribution >= 0.6 is 0 Å². The molecule has 0 aliphatic heterocycles. The number of aryl methyl sites for hydroxylation is 1. The highest BCUT2D eigenvalue weighted by Crippen LogP contribution is 2.28. The minimum absolute atomic E-state index is 0.179. The molecule has 0 atom stereocenters. The molecule has 1 aromatic heterocycles. The highest BCUT2D eigenvalue weighted by atomic mass is 16.5. The molecule has 1 heterocycles. The Hall–Kier alpha value is -2.43. The third-order valence-electron chi connectivity index (χ3n) is 2.92. The largest absolute Gasteiger partial charge is 0.497 e. The predicted molar refractivity (Wildman–Crippen MR) is 74.3 cm³/mol. The number of nitrogens with two attached hydrogens (primary N) is 1. The lowest BCUT2D eigenvalue weighted by Gasteiger charge is -2.15. The lowest BCUT2D eigenvalue weighted by Crippen LogP contribution is -2.13. The Kier molecular flexibility index (Phi) is 3.46. The van der Waals surface area contributed by atoms with Crippen LogP contribution in [-0.2, 0) is 0 Å². The molecule has 5 nitrogen and oxygen atoms in total. The fourth-order valence-electron chi connectivity index (χ4n) is 1.89. The number of hydrogen-bond acceptors (Lipinski definition) is 4. The zero-order chi connectivity index (χ0) is 14.0. The second kappa shape index (κ2) is 5.06. The van der Waals surface area contributed by atoms with Gasteiger partial charge in [0.05, 0.1) is 25.6 Å². The van der Waals surface area contributed by atoms with Crippen molar-refractivity contribution in [3.8, 4) is 17.2 Å². The van der Waals surface area contributed by atoms with Crippen LogP contribution in [0.3, 0.4) is 0 Å². The maximum absolute atomic E-state index is 11.5. The Morgan fingerprint density at radius 1 is 1.16 bits per heavy atom. The van der Waals surface area contributed by atoms with E-state index >= 15 is 0 Å². The van der Waals surface area contributed by atoms with Crippen LogP contribution in [0.25, 0.3) is 5.69 Å². The molecule has 0 amide bonds. The van der Waals surface area contributed by atoms with Gasteiger partial charge in [-0.05, 0) is 19.1 Å². The van der Waals surface area contributed by atoms with Crippen LogP contribution in [0.15, 0.2) is 35.3 Å². The average Bonchev–Trinajstić information content (AvgIpc) is 2.42. The van der Waals surface area contributed by atoms with Crippen LogP contribution in [0, 0.1) is 6.92 Å². The molecular weight excluding hydrogens is 244 g/mol. The number of methoxy groups -OCH3 is 2. The van der Waals surface area contributed by atoms with E-state index in [1.54, 1.807) is 26.5 Å². The number of ether oxygens (including phenoxy) is 2. The van der Waals surface area contributed by atoms with Gasteiger partial charge >= 0.3 is 0 Å². The molecule has 0 aliphatic carbocycles. The van der Waals surface area contributed by atoms with Crippen molar-refractivity contribution >= 4 is 5.69 Å². The summed E-state index contributed by atoms with van der Waals surface area (Å²) in [7, 11) is 3.18. The Bertz CT molecular complexity index is 662. The quantitative estimate of drug-likeness (QED) is 0.913. The van der Waals surface area contributed by atoms with Gasteiger partial charge in [-0.3, -0.25) is 4.79 Å². The standard InChI is InChI=1S/C14H16N2O3/c1-9-6-13(17)11(15)8-16(9)12-5-4-10(18-2)7-14(12)19-3/h4-8H,15H2,1-3H3. The summed E-state index contributed by atoms with van der Waals surface area (Å²) < 4.78 is 12.3. The SMILES string of the molecule is COc1ccc(-n2cc(N)c(=O)cc2C)c(OC)c1. The fourth-order valence-corrected chi connectivity index (χ4v) is 1.89. The number of nitrogens with zero attached hydrogens (tertiary/aromatic N) is 1. The molecule has 1 aromatic carbocycles. The summed E-state index contributed by atoms with van der Waals surface area (Å²) in [6, 6.07) is 6.96. The van der Waals surface area contributed by atoms with Crippen LogP contribution in [-0.4, -0.2) is 18.8 Å². The fraction of sp³-hybridized carbons (Fsp3) is 0.214. The molecule has 0 aliphatic rings. The van der Waals surface area contributed by atoms with Gasteiger partial charge < -0.3 is 19.8 Å². The first kappa shape index (κ1) is 13.0.